The van der Waals surface area contributed by atoms with Crippen LogP contribution in [-0.2, 0) is 55.4 Å². The van der Waals surface area contributed by atoms with E-state index in [2.05, 4.69) is 9.88 Å². The van der Waals surface area contributed by atoms with Crippen molar-refractivity contribution in [2.24, 2.45) is 5.41 Å². The van der Waals surface area contributed by atoms with Crippen LogP contribution in [0.25, 0.3) is 10.9 Å². The maximum atomic E-state index is 15.2. The van der Waals surface area contributed by atoms with Gasteiger partial charge in [0.2, 0.25) is 12.0 Å². The van der Waals surface area contributed by atoms with Crippen LogP contribution < -0.4 is 9.64 Å². The Bertz CT molecular complexity index is 2350. The molecular formula is C46H54N4O10. The molecule has 0 radical (unpaired) electrons. The second kappa shape index (κ2) is 14.9. The molecule has 2 N–H and O–H groups in total. The normalized spacial score (nSPS) is 31.8. The summed E-state index contributed by atoms with van der Waals surface area (Å²) in [4.78, 5) is 78.9. The molecule has 1 amide bonds. The lowest BCUT2D eigenvalue weighted by atomic mass is 9.47. The van der Waals surface area contributed by atoms with Crippen molar-refractivity contribution in [3.8, 4) is 5.75 Å². The first-order valence-electron chi connectivity index (χ1n) is 20.7. The number of aromatic nitrogens is 1. The van der Waals surface area contributed by atoms with Crippen molar-refractivity contribution in [1.29, 1.82) is 0 Å². The molecule has 60 heavy (non-hydrogen) atoms. The summed E-state index contributed by atoms with van der Waals surface area (Å²) < 4.78 is 23.6. The van der Waals surface area contributed by atoms with Crippen molar-refractivity contribution < 1.29 is 48.0 Å². The first-order valence-corrected chi connectivity index (χ1v) is 20.7. The van der Waals surface area contributed by atoms with Gasteiger partial charge in [-0.2, -0.15) is 0 Å². The van der Waals surface area contributed by atoms with Crippen LogP contribution in [0.3, 0.4) is 0 Å². The molecule has 8 rings (SSSR count). The molecule has 14 nitrogen and oxygen atoms in total. The number of benzene rings is 2. The minimum atomic E-state index is -2.37. The van der Waals surface area contributed by atoms with E-state index in [-0.39, 0.29) is 37.0 Å². The number of aromatic amines is 1. The summed E-state index contributed by atoms with van der Waals surface area (Å²) in [6.45, 7) is 6.64. The Morgan fingerprint density at radius 1 is 1.02 bits per heavy atom. The van der Waals surface area contributed by atoms with E-state index in [1.165, 1.54) is 28.3 Å². The number of allylic oxidation sites excluding steroid dienone is 1. The minimum Gasteiger partial charge on any atom is -0.496 e. The number of hydrogen-bond acceptors (Lipinski definition) is 12. The van der Waals surface area contributed by atoms with Crippen LogP contribution >= 0.6 is 0 Å². The first kappa shape index (κ1) is 41.3. The highest BCUT2D eigenvalue weighted by atomic mass is 16.6. The second-order valence-electron chi connectivity index (χ2n) is 17.0. The van der Waals surface area contributed by atoms with Gasteiger partial charge >= 0.3 is 17.9 Å². The van der Waals surface area contributed by atoms with E-state index >= 15 is 4.79 Å². The predicted molar refractivity (Wildman–Crippen MR) is 221 cm³/mol. The van der Waals surface area contributed by atoms with Gasteiger partial charge in [-0.3, -0.25) is 24.1 Å². The van der Waals surface area contributed by atoms with E-state index in [9.17, 15) is 24.3 Å². The van der Waals surface area contributed by atoms with Crippen molar-refractivity contribution >= 4 is 46.7 Å². The summed E-state index contributed by atoms with van der Waals surface area (Å²) in [6, 6.07) is 10.0. The number of H-pyrrole nitrogens is 1. The van der Waals surface area contributed by atoms with Crippen LogP contribution in [0.2, 0.25) is 0 Å². The van der Waals surface area contributed by atoms with Crippen LogP contribution in [-0.4, -0.2) is 122 Å². The fourth-order valence-corrected chi connectivity index (χ4v) is 12.2. The van der Waals surface area contributed by atoms with Crippen molar-refractivity contribution in [3.63, 3.8) is 0 Å². The molecule has 7 atom stereocenters. The standard InChI is InChI=1S/C46H54N4O10/c1-8-28-21-29(53)24-45(41(54)58-6,37-31(15-19-49(25-28)26-51)30-13-10-11-14-34(30)47-37)33-22-32-35(23-36(33)57-5)48(4)39-44(32)17-20-50-18-12-16-43(9-2,38(44)50)40(60-27(3)52)46(39,56)42(55)59-7/h10-14,16,22-23,25-26,38-40,47,56H,8-9,15,17-21,24H2,1-7H3/b28-25-/t38-,39+,40+,43+,44+,45-,46-/m0/s1. The van der Waals surface area contributed by atoms with Crippen molar-refractivity contribution in [3.05, 3.63) is 82.7 Å². The Balaban J connectivity index is 1.47. The van der Waals surface area contributed by atoms with Crippen molar-refractivity contribution in [2.45, 2.75) is 93.9 Å². The van der Waals surface area contributed by atoms with Gasteiger partial charge < -0.3 is 38.8 Å². The number of fused-ring (bicyclic) bond motifs is 4. The number of methoxy groups -OCH3 is 3. The fourth-order valence-electron chi connectivity index (χ4n) is 12.2. The Morgan fingerprint density at radius 2 is 1.77 bits per heavy atom. The molecule has 2 aromatic carbocycles. The predicted octanol–water partition coefficient (Wildman–Crippen LogP) is 4.24. The molecule has 1 saturated heterocycles. The summed E-state index contributed by atoms with van der Waals surface area (Å²) in [6.07, 6.45) is 6.60. The number of ether oxygens (including phenoxy) is 4. The van der Waals surface area contributed by atoms with Gasteiger partial charge in [0.25, 0.3) is 0 Å². The summed E-state index contributed by atoms with van der Waals surface area (Å²) in [5.41, 5.74) is -1.78. The molecule has 3 aromatic rings. The molecule has 1 aliphatic carbocycles. The Kier molecular flexibility index (Phi) is 10.3. The molecule has 1 spiro atoms. The summed E-state index contributed by atoms with van der Waals surface area (Å²) in [5, 5.41) is 14.1. The number of para-hydroxylation sites is 1. The number of hydrogen-bond donors (Lipinski definition) is 2. The Labute approximate surface area is 349 Å². The topological polar surface area (TPSA) is 168 Å². The zero-order valence-corrected chi connectivity index (χ0v) is 35.3. The minimum absolute atomic E-state index is 0.0107. The lowest BCUT2D eigenvalue weighted by Gasteiger charge is -2.63. The number of likely N-dealkylation sites (N-methyl/N-ethyl adjacent to an activating group) is 1. The average Bonchev–Trinajstić information content (AvgIpc) is 3.90. The highest BCUT2D eigenvalue weighted by Crippen LogP contribution is 2.68. The van der Waals surface area contributed by atoms with Crippen LogP contribution in [0.1, 0.15) is 75.3 Å². The third-order valence-corrected chi connectivity index (χ3v) is 14.4. The number of nitrogens with one attached hydrogen (secondary N) is 1. The zero-order valence-electron chi connectivity index (χ0n) is 35.3. The van der Waals surface area contributed by atoms with Gasteiger partial charge in [-0.1, -0.05) is 44.2 Å². The number of rotatable bonds is 8. The van der Waals surface area contributed by atoms with Crippen molar-refractivity contribution in [2.75, 3.05) is 52.9 Å². The molecule has 318 valence electrons. The molecule has 0 unspecified atom stereocenters. The lowest BCUT2D eigenvalue weighted by Crippen LogP contribution is -2.81. The van der Waals surface area contributed by atoms with E-state index in [1.54, 1.807) is 18.1 Å². The zero-order chi connectivity index (χ0) is 42.9. The molecular weight excluding hydrogens is 769 g/mol. The van der Waals surface area contributed by atoms with Gasteiger partial charge in [0, 0.05) is 96.9 Å². The van der Waals surface area contributed by atoms with E-state index in [0.717, 1.165) is 34.0 Å². The summed E-state index contributed by atoms with van der Waals surface area (Å²) in [7, 11) is 5.83. The fraction of sp³-hybridized carbons (Fsp3) is 0.500. The lowest BCUT2D eigenvalue weighted by molar-refractivity contribution is -0.228. The third-order valence-electron chi connectivity index (χ3n) is 14.4. The first-order chi connectivity index (χ1) is 28.8. The smallest absolute Gasteiger partial charge is 0.344 e. The quantitative estimate of drug-likeness (QED) is 0.144. The number of nitrogens with zero attached hydrogens (tertiary/aromatic N) is 3. The van der Waals surface area contributed by atoms with E-state index in [1.807, 2.05) is 67.3 Å². The van der Waals surface area contributed by atoms with Crippen LogP contribution in [0.4, 0.5) is 5.69 Å². The van der Waals surface area contributed by atoms with E-state index in [4.69, 9.17) is 18.9 Å². The molecule has 14 heteroatoms. The average molecular weight is 823 g/mol. The van der Waals surface area contributed by atoms with Crippen molar-refractivity contribution in [1.82, 2.24) is 14.8 Å². The van der Waals surface area contributed by atoms with Gasteiger partial charge in [0.05, 0.1) is 27.4 Å². The molecule has 0 bridgehead atoms. The molecule has 1 aromatic heterocycles. The van der Waals surface area contributed by atoms with Gasteiger partial charge in [-0.05, 0) is 61.1 Å². The number of aliphatic hydroxyl groups is 1. The monoisotopic (exact) mass is 822 g/mol. The van der Waals surface area contributed by atoms with Gasteiger partial charge in [0.15, 0.2) is 6.10 Å². The van der Waals surface area contributed by atoms with Gasteiger partial charge in [-0.25, -0.2) is 4.79 Å². The number of carbonyl (C=O) groups is 5. The molecule has 5 aliphatic rings. The maximum Gasteiger partial charge on any atom is 0.344 e. The SMILES string of the molecule is CC/C1=C/N(C=O)CCc2c([nH]c3ccccc23)[C@@](C(=O)OC)(c2cc3c(cc2OC)N(C)[C@H]2[C@@](O)(C(=O)OC)[C@H](OC(C)=O)[C@]4(CC)C=CCN5CC[C@]32[C@@H]54)CC(=O)C1. The number of esters is 3. The summed E-state index contributed by atoms with van der Waals surface area (Å²) >= 11 is 0. The third kappa shape index (κ3) is 5.48. The number of Topliss-reactive ketones (excluding diaryl/α,β-unsaturated/α-hetero) is 1. The number of amides is 1. The second-order valence-corrected chi connectivity index (χ2v) is 17.0. The number of ketones is 1. The van der Waals surface area contributed by atoms with Gasteiger partial charge in [0.1, 0.15) is 16.9 Å². The highest BCUT2D eigenvalue weighted by Gasteiger charge is 2.80. The molecule has 2 fully saturated rings. The van der Waals surface area contributed by atoms with Gasteiger partial charge in [-0.15, -0.1) is 0 Å². The van der Waals surface area contributed by atoms with E-state index in [0.29, 0.717) is 55.7 Å². The van der Waals surface area contributed by atoms with E-state index < -0.39 is 51.9 Å². The maximum absolute atomic E-state index is 15.2. The molecule has 5 heterocycles. The van der Waals surface area contributed by atoms with Crippen LogP contribution in [0, 0.1) is 5.41 Å². The Morgan fingerprint density at radius 3 is 2.43 bits per heavy atom. The largest absolute Gasteiger partial charge is 0.496 e. The van der Waals surface area contributed by atoms with Crippen LogP contribution in [0.15, 0.2) is 60.3 Å². The van der Waals surface area contributed by atoms with Crippen LogP contribution in [0.5, 0.6) is 5.75 Å². The number of anilines is 1. The Hall–Kier alpha value is -5.47. The number of carbonyl (C=O) groups excluding carboxylic acids is 5. The summed E-state index contributed by atoms with van der Waals surface area (Å²) in [5.74, 6) is -2.22. The molecule has 1 saturated carbocycles. The molecule has 4 aliphatic heterocycles. The highest BCUT2D eigenvalue weighted by molar-refractivity contribution is 5.99.